The summed E-state index contributed by atoms with van der Waals surface area (Å²) in [5.74, 6) is -1.53. The van der Waals surface area contributed by atoms with Gasteiger partial charge in [0.25, 0.3) is 11.8 Å². The highest BCUT2D eigenvalue weighted by Crippen LogP contribution is 2.24. The fourth-order valence-electron chi connectivity index (χ4n) is 3.11. The maximum absolute atomic E-state index is 12.4. The lowest BCUT2D eigenvalue weighted by Gasteiger charge is -2.30. The molecule has 25 heavy (non-hydrogen) atoms. The van der Waals surface area contributed by atoms with Gasteiger partial charge < -0.3 is 15.0 Å². The Balaban J connectivity index is 2.64. The number of esters is 1. The molecule has 0 atom stereocenters. The number of nitrogens with zero attached hydrogens (tertiary/aromatic N) is 2. The number of carbonyl (C=O) groups excluding carboxylic acids is 4. The van der Waals surface area contributed by atoms with Crippen LogP contribution >= 0.6 is 0 Å². The average molecular weight is 355 g/mol. The van der Waals surface area contributed by atoms with E-state index in [1.807, 2.05) is 27.7 Å². The van der Waals surface area contributed by atoms with E-state index in [-0.39, 0.29) is 18.0 Å². The van der Waals surface area contributed by atoms with E-state index in [9.17, 15) is 19.2 Å². The summed E-state index contributed by atoms with van der Waals surface area (Å²) in [6, 6.07) is -0.651. The molecule has 1 rings (SSSR count). The predicted octanol–water partition coefficient (Wildman–Crippen LogP) is 1.29. The van der Waals surface area contributed by atoms with Crippen molar-refractivity contribution in [2.45, 2.75) is 72.0 Å². The number of nitrogens with one attached hydrogen (secondary N) is 1. The molecule has 0 spiro atoms. The SMILES string of the molecule is CCC1(CC)NC(=O)N(CC(=O)OCC(=O)N(C(C)C)C(C)C)C1=O. The van der Waals surface area contributed by atoms with Crippen molar-refractivity contribution in [2.24, 2.45) is 0 Å². The van der Waals surface area contributed by atoms with E-state index in [2.05, 4.69) is 5.32 Å². The Labute approximate surface area is 148 Å². The normalized spacial score (nSPS) is 16.4. The zero-order valence-electron chi connectivity index (χ0n) is 15.9. The van der Waals surface area contributed by atoms with Gasteiger partial charge in [0, 0.05) is 12.1 Å². The van der Waals surface area contributed by atoms with E-state index in [4.69, 9.17) is 4.74 Å². The first kappa shape index (κ1) is 20.9. The van der Waals surface area contributed by atoms with E-state index in [1.165, 1.54) is 0 Å². The van der Waals surface area contributed by atoms with E-state index in [1.54, 1.807) is 18.7 Å². The maximum atomic E-state index is 12.4. The third-order valence-electron chi connectivity index (χ3n) is 4.50. The summed E-state index contributed by atoms with van der Waals surface area (Å²) in [5, 5.41) is 2.64. The molecule has 1 N–H and O–H groups in total. The van der Waals surface area contributed by atoms with Crippen molar-refractivity contribution in [3.8, 4) is 0 Å². The van der Waals surface area contributed by atoms with E-state index in [0.29, 0.717) is 12.8 Å². The third-order valence-corrected chi connectivity index (χ3v) is 4.50. The Kier molecular flexibility index (Phi) is 6.96. The van der Waals surface area contributed by atoms with Crippen molar-refractivity contribution in [1.29, 1.82) is 0 Å². The minimum atomic E-state index is -0.959. The molecule has 1 aliphatic rings. The summed E-state index contributed by atoms with van der Waals surface area (Å²) >= 11 is 0. The number of ether oxygens (including phenoxy) is 1. The molecule has 0 radical (unpaired) electrons. The first-order valence-electron chi connectivity index (χ1n) is 8.70. The number of hydrogen-bond acceptors (Lipinski definition) is 5. The smallest absolute Gasteiger partial charge is 0.326 e. The summed E-state index contributed by atoms with van der Waals surface area (Å²) in [6.45, 7) is 10.2. The first-order valence-corrected chi connectivity index (χ1v) is 8.70. The summed E-state index contributed by atoms with van der Waals surface area (Å²) < 4.78 is 4.98. The van der Waals surface area contributed by atoms with Crippen molar-refractivity contribution in [3.63, 3.8) is 0 Å². The van der Waals surface area contributed by atoms with Gasteiger partial charge in [-0.3, -0.25) is 19.3 Å². The number of rotatable bonds is 8. The van der Waals surface area contributed by atoms with Crippen LogP contribution in [0.4, 0.5) is 4.79 Å². The quantitative estimate of drug-likeness (QED) is 0.523. The highest BCUT2D eigenvalue weighted by molar-refractivity contribution is 6.08. The fourth-order valence-corrected chi connectivity index (χ4v) is 3.11. The Morgan fingerprint density at radius 1 is 1.12 bits per heavy atom. The maximum Gasteiger partial charge on any atom is 0.326 e. The molecule has 1 heterocycles. The molecule has 8 nitrogen and oxygen atoms in total. The van der Waals surface area contributed by atoms with Gasteiger partial charge in [0.2, 0.25) is 0 Å². The lowest BCUT2D eigenvalue weighted by atomic mass is 9.93. The number of amides is 4. The summed E-state index contributed by atoms with van der Waals surface area (Å²) in [5.41, 5.74) is -0.959. The Bertz CT molecular complexity index is 532. The second-order valence-electron chi connectivity index (χ2n) is 6.76. The van der Waals surface area contributed by atoms with Gasteiger partial charge in [-0.25, -0.2) is 4.79 Å². The van der Waals surface area contributed by atoms with E-state index in [0.717, 1.165) is 4.90 Å². The van der Waals surface area contributed by atoms with Crippen LogP contribution in [0.5, 0.6) is 0 Å². The molecule has 0 unspecified atom stereocenters. The molecule has 0 bridgehead atoms. The summed E-state index contributed by atoms with van der Waals surface area (Å²) in [6.07, 6.45) is 0.881. The highest BCUT2D eigenvalue weighted by atomic mass is 16.5. The molecule has 1 aliphatic heterocycles. The number of urea groups is 1. The molecule has 0 aromatic carbocycles. The zero-order chi connectivity index (χ0) is 19.4. The monoisotopic (exact) mass is 355 g/mol. The number of carbonyl (C=O) groups is 4. The Morgan fingerprint density at radius 2 is 1.64 bits per heavy atom. The molecule has 1 fully saturated rings. The molecule has 8 heteroatoms. The van der Waals surface area contributed by atoms with Gasteiger partial charge in [-0.15, -0.1) is 0 Å². The van der Waals surface area contributed by atoms with Crippen LogP contribution in [-0.2, 0) is 19.1 Å². The summed E-state index contributed by atoms with van der Waals surface area (Å²) in [7, 11) is 0. The van der Waals surface area contributed by atoms with Gasteiger partial charge >= 0.3 is 12.0 Å². The second-order valence-corrected chi connectivity index (χ2v) is 6.76. The molecule has 142 valence electrons. The fraction of sp³-hybridized carbons (Fsp3) is 0.765. The van der Waals surface area contributed by atoms with Gasteiger partial charge in [0.1, 0.15) is 12.1 Å². The molecule has 0 aliphatic carbocycles. The van der Waals surface area contributed by atoms with Crippen molar-refractivity contribution in [2.75, 3.05) is 13.2 Å². The lowest BCUT2D eigenvalue weighted by Crippen LogP contribution is -2.46. The Morgan fingerprint density at radius 3 is 2.04 bits per heavy atom. The van der Waals surface area contributed by atoms with Crippen LogP contribution in [0, 0.1) is 0 Å². The topological polar surface area (TPSA) is 96.0 Å². The molecule has 0 aromatic rings. The van der Waals surface area contributed by atoms with Gasteiger partial charge in [-0.05, 0) is 40.5 Å². The van der Waals surface area contributed by atoms with Crippen LogP contribution in [0.1, 0.15) is 54.4 Å². The van der Waals surface area contributed by atoms with Crippen molar-refractivity contribution in [3.05, 3.63) is 0 Å². The van der Waals surface area contributed by atoms with Crippen LogP contribution in [0.25, 0.3) is 0 Å². The van der Waals surface area contributed by atoms with Crippen LogP contribution in [0.3, 0.4) is 0 Å². The van der Waals surface area contributed by atoms with Crippen LogP contribution in [0.2, 0.25) is 0 Å². The van der Waals surface area contributed by atoms with Crippen LogP contribution in [0.15, 0.2) is 0 Å². The molecule has 0 aromatic heterocycles. The lowest BCUT2D eigenvalue weighted by molar-refractivity contribution is -0.155. The first-order chi connectivity index (χ1) is 11.6. The standard InChI is InChI=1S/C17H29N3O5/c1-7-17(8-2)15(23)19(16(24)18-17)9-14(22)25-10-13(21)20(11(3)4)12(5)6/h11-12H,7-10H2,1-6H3,(H,18,24). The molecule has 4 amide bonds. The Hall–Kier alpha value is -2.12. The van der Waals surface area contributed by atoms with Crippen molar-refractivity contribution in [1.82, 2.24) is 15.1 Å². The van der Waals surface area contributed by atoms with Crippen molar-refractivity contribution >= 4 is 23.8 Å². The third kappa shape index (κ3) is 4.49. The second kappa shape index (κ2) is 8.31. The predicted molar refractivity (Wildman–Crippen MR) is 91.6 cm³/mol. The highest BCUT2D eigenvalue weighted by Gasteiger charge is 2.49. The number of hydrogen-bond donors (Lipinski definition) is 1. The average Bonchev–Trinajstić information content (AvgIpc) is 2.77. The number of imide groups is 1. The molecule has 1 saturated heterocycles. The molecular weight excluding hydrogens is 326 g/mol. The zero-order valence-corrected chi connectivity index (χ0v) is 15.9. The molecular formula is C17H29N3O5. The van der Waals surface area contributed by atoms with Gasteiger partial charge in [0.05, 0.1) is 0 Å². The summed E-state index contributed by atoms with van der Waals surface area (Å²) in [4.78, 5) is 51.0. The minimum absolute atomic E-state index is 0.0214. The van der Waals surface area contributed by atoms with Gasteiger partial charge in [-0.2, -0.15) is 0 Å². The van der Waals surface area contributed by atoms with Crippen LogP contribution in [-0.4, -0.2) is 64.4 Å². The van der Waals surface area contributed by atoms with E-state index < -0.39 is 36.6 Å². The van der Waals surface area contributed by atoms with Crippen molar-refractivity contribution < 1.29 is 23.9 Å². The van der Waals surface area contributed by atoms with Crippen LogP contribution < -0.4 is 5.32 Å². The van der Waals surface area contributed by atoms with E-state index >= 15 is 0 Å². The largest absolute Gasteiger partial charge is 0.454 e. The molecule has 0 saturated carbocycles. The minimum Gasteiger partial charge on any atom is -0.454 e. The van der Waals surface area contributed by atoms with Gasteiger partial charge in [-0.1, -0.05) is 13.8 Å². The van der Waals surface area contributed by atoms with Gasteiger partial charge in [0.15, 0.2) is 6.61 Å².